The van der Waals surface area contributed by atoms with E-state index in [1.165, 1.54) is 12.1 Å². The first-order valence-corrected chi connectivity index (χ1v) is 7.49. The van der Waals surface area contributed by atoms with E-state index in [0.29, 0.717) is 4.31 Å². The predicted octanol–water partition coefficient (Wildman–Crippen LogP) is -0.207. The van der Waals surface area contributed by atoms with Gasteiger partial charge in [0.05, 0.1) is 24.5 Å². The summed E-state index contributed by atoms with van der Waals surface area (Å²) in [6, 6.07) is 6.09. The van der Waals surface area contributed by atoms with E-state index in [4.69, 9.17) is 4.74 Å². The van der Waals surface area contributed by atoms with E-state index in [1.54, 1.807) is 12.1 Å². The third-order valence-corrected chi connectivity index (χ3v) is 5.11. The van der Waals surface area contributed by atoms with Gasteiger partial charge in [-0.2, -0.15) is 17.0 Å². The Balaban J connectivity index is 2.05. The average molecular weight is 296 g/mol. The smallest absolute Gasteiger partial charge is 0.314 e. The van der Waals surface area contributed by atoms with Crippen LogP contribution in [0.3, 0.4) is 0 Å². The van der Waals surface area contributed by atoms with E-state index in [2.05, 4.69) is 0 Å². The minimum absolute atomic E-state index is 0.119. The standard InChI is InChI=1S/C12H12N2O5S/c15-11-9-3-1-2-4-10(9)14(12(11)16)20(17,18)13-5-7-19-8-6-13/h1-4H,5-8H2. The molecule has 0 unspecified atom stereocenters. The van der Waals surface area contributed by atoms with Gasteiger partial charge in [-0.1, -0.05) is 12.1 Å². The molecule has 0 aliphatic carbocycles. The van der Waals surface area contributed by atoms with Crippen molar-refractivity contribution in [3.05, 3.63) is 29.8 Å². The molecule has 106 valence electrons. The fourth-order valence-corrected chi connectivity index (χ4v) is 3.82. The topological polar surface area (TPSA) is 84.0 Å². The molecular weight excluding hydrogens is 284 g/mol. The minimum Gasteiger partial charge on any atom is -0.379 e. The molecule has 0 radical (unpaired) electrons. The van der Waals surface area contributed by atoms with Crippen LogP contribution < -0.4 is 4.31 Å². The molecule has 0 saturated carbocycles. The minimum atomic E-state index is -4.04. The van der Waals surface area contributed by atoms with Gasteiger partial charge in [0.1, 0.15) is 0 Å². The van der Waals surface area contributed by atoms with Crippen molar-refractivity contribution in [3.8, 4) is 0 Å². The summed E-state index contributed by atoms with van der Waals surface area (Å²) in [5, 5.41) is 0. The quantitative estimate of drug-likeness (QED) is 0.705. The molecule has 1 aromatic rings. The summed E-state index contributed by atoms with van der Waals surface area (Å²) in [6.07, 6.45) is 0. The molecule has 0 N–H and O–H groups in total. The van der Waals surface area contributed by atoms with E-state index in [9.17, 15) is 18.0 Å². The second-order valence-electron chi connectivity index (χ2n) is 4.44. The molecule has 8 heteroatoms. The van der Waals surface area contributed by atoms with E-state index in [1.807, 2.05) is 0 Å². The fraction of sp³-hybridized carbons (Fsp3) is 0.333. The number of hydrogen-bond acceptors (Lipinski definition) is 5. The van der Waals surface area contributed by atoms with Crippen molar-refractivity contribution in [2.45, 2.75) is 0 Å². The SMILES string of the molecule is O=C1C(=O)N(S(=O)(=O)N2CCOCC2)c2ccccc21. The van der Waals surface area contributed by atoms with Crippen LogP contribution in [0.4, 0.5) is 5.69 Å². The van der Waals surface area contributed by atoms with Crippen molar-refractivity contribution < 1.29 is 22.7 Å². The van der Waals surface area contributed by atoms with Gasteiger partial charge in [-0.25, -0.2) is 0 Å². The second-order valence-corrected chi connectivity index (χ2v) is 6.21. The normalized spacial score (nSPS) is 20.3. The lowest BCUT2D eigenvalue weighted by Crippen LogP contribution is -2.50. The van der Waals surface area contributed by atoms with Gasteiger partial charge in [-0.15, -0.1) is 0 Å². The molecule has 1 fully saturated rings. The zero-order valence-electron chi connectivity index (χ0n) is 10.5. The van der Waals surface area contributed by atoms with E-state index in [0.717, 1.165) is 4.31 Å². The summed E-state index contributed by atoms with van der Waals surface area (Å²) in [5.74, 6) is -1.82. The molecule has 2 aliphatic rings. The first-order chi connectivity index (χ1) is 9.53. The largest absolute Gasteiger partial charge is 0.379 e. The highest BCUT2D eigenvalue weighted by atomic mass is 32.2. The van der Waals surface area contributed by atoms with Crippen LogP contribution in [-0.2, 0) is 19.7 Å². The molecule has 20 heavy (non-hydrogen) atoms. The zero-order chi connectivity index (χ0) is 14.3. The molecule has 3 rings (SSSR count). The Morgan fingerprint density at radius 2 is 1.70 bits per heavy atom. The summed E-state index contributed by atoms with van der Waals surface area (Å²) in [4.78, 5) is 23.8. The molecule has 7 nitrogen and oxygen atoms in total. The van der Waals surface area contributed by atoms with E-state index in [-0.39, 0.29) is 37.6 Å². The van der Waals surface area contributed by atoms with Crippen molar-refractivity contribution in [2.24, 2.45) is 0 Å². The number of para-hydroxylation sites is 1. The number of benzene rings is 1. The predicted molar refractivity (Wildman–Crippen MR) is 69.6 cm³/mol. The summed E-state index contributed by atoms with van der Waals surface area (Å²) in [7, 11) is -4.04. The number of carbonyl (C=O) groups is 2. The van der Waals surface area contributed by atoms with Crippen LogP contribution in [0.2, 0.25) is 0 Å². The molecule has 1 amide bonds. The molecule has 1 saturated heterocycles. The first kappa shape index (κ1) is 13.2. The number of morpholine rings is 1. The van der Waals surface area contributed by atoms with Gasteiger partial charge in [0.15, 0.2) is 0 Å². The molecule has 0 bridgehead atoms. The number of ketones is 1. The Labute approximate surface area is 115 Å². The highest BCUT2D eigenvalue weighted by molar-refractivity contribution is 7.91. The summed E-state index contributed by atoms with van der Waals surface area (Å²) < 4.78 is 31.9. The van der Waals surface area contributed by atoms with Crippen LogP contribution in [0.25, 0.3) is 0 Å². The van der Waals surface area contributed by atoms with Crippen molar-refractivity contribution >= 4 is 27.6 Å². The van der Waals surface area contributed by atoms with Gasteiger partial charge in [-0.05, 0) is 12.1 Å². The number of rotatable bonds is 2. The lowest BCUT2D eigenvalue weighted by molar-refractivity contribution is -0.113. The van der Waals surface area contributed by atoms with Gasteiger partial charge in [0, 0.05) is 13.1 Å². The Morgan fingerprint density at radius 1 is 1.05 bits per heavy atom. The van der Waals surface area contributed by atoms with Crippen LogP contribution >= 0.6 is 0 Å². The third-order valence-electron chi connectivity index (χ3n) is 3.27. The maximum absolute atomic E-state index is 12.5. The number of carbonyl (C=O) groups excluding carboxylic acids is 2. The molecule has 0 atom stereocenters. The molecule has 2 aliphatic heterocycles. The average Bonchev–Trinajstić information content (AvgIpc) is 2.73. The monoisotopic (exact) mass is 296 g/mol. The summed E-state index contributed by atoms with van der Waals surface area (Å²) >= 11 is 0. The van der Waals surface area contributed by atoms with Crippen molar-refractivity contribution in [1.29, 1.82) is 0 Å². The van der Waals surface area contributed by atoms with Crippen LogP contribution in [-0.4, -0.2) is 50.7 Å². The maximum atomic E-state index is 12.5. The number of fused-ring (bicyclic) bond motifs is 1. The van der Waals surface area contributed by atoms with Crippen molar-refractivity contribution in [1.82, 2.24) is 4.31 Å². The van der Waals surface area contributed by atoms with Crippen LogP contribution in [0.5, 0.6) is 0 Å². The number of nitrogens with zero attached hydrogens (tertiary/aromatic N) is 2. The van der Waals surface area contributed by atoms with Gasteiger partial charge in [-0.3, -0.25) is 9.59 Å². The van der Waals surface area contributed by atoms with Crippen LogP contribution in [0.1, 0.15) is 10.4 Å². The van der Waals surface area contributed by atoms with Gasteiger partial charge in [0.2, 0.25) is 0 Å². The van der Waals surface area contributed by atoms with E-state index >= 15 is 0 Å². The van der Waals surface area contributed by atoms with Gasteiger partial charge >= 0.3 is 16.1 Å². The Hall–Kier alpha value is -1.77. The first-order valence-electron chi connectivity index (χ1n) is 6.09. The summed E-state index contributed by atoms with van der Waals surface area (Å²) in [6.45, 7) is 0.888. The number of amides is 1. The Morgan fingerprint density at radius 3 is 2.40 bits per heavy atom. The highest BCUT2D eigenvalue weighted by Crippen LogP contribution is 2.32. The Kier molecular flexibility index (Phi) is 3.08. The molecule has 0 spiro atoms. The Bertz CT molecular complexity index is 679. The number of ether oxygens (including phenoxy) is 1. The zero-order valence-corrected chi connectivity index (χ0v) is 11.3. The van der Waals surface area contributed by atoms with Crippen molar-refractivity contribution in [3.63, 3.8) is 0 Å². The highest BCUT2D eigenvalue weighted by Gasteiger charge is 2.45. The van der Waals surface area contributed by atoms with Crippen molar-refractivity contribution in [2.75, 3.05) is 30.6 Å². The van der Waals surface area contributed by atoms with Gasteiger partial charge in [0.25, 0.3) is 5.78 Å². The summed E-state index contributed by atoms with van der Waals surface area (Å²) in [5.41, 5.74) is 0.239. The molecule has 2 heterocycles. The van der Waals surface area contributed by atoms with Crippen LogP contribution in [0.15, 0.2) is 24.3 Å². The molecule has 0 aromatic heterocycles. The number of Topliss-reactive ketones (excluding diaryl/α,β-unsaturated/α-hetero) is 1. The maximum Gasteiger partial charge on any atom is 0.314 e. The molecular formula is C12H12N2O5S. The van der Waals surface area contributed by atoms with Crippen LogP contribution in [0, 0.1) is 0 Å². The fourth-order valence-electron chi connectivity index (χ4n) is 2.28. The number of hydrogen-bond donors (Lipinski definition) is 0. The lowest BCUT2D eigenvalue weighted by Gasteiger charge is -2.29. The second kappa shape index (κ2) is 4.65. The molecule has 1 aromatic carbocycles. The van der Waals surface area contributed by atoms with Gasteiger partial charge < -0.3 is 4.74 Å². The lowest BCUT2D eigenvalue weighted by atomic mass is 10.1. The number of anilines is 1. The third kappa shape index (κ3) is 1.84. The van der Waals surface area contributed by atoms with E-state index < -0.39 is 21.9 Å².